The molecule has 5 heteroatoms. The van der Waals surface area contributed by atoms with Gasteiger partial charge in [-0.15, -0.1) is 0 Å². The molecule has 0 unspecified atom stereocenters. The summed E-state index contributed by atoms with van der Waals surface area (Å²) < 4.78 is 0. The second-order valence-corrected chi connectivity index (χ2v) is 6.22. The summed E-state index contributed by atoms with van der Waals surface area (Å²) in [6.07, 6.45) is 0. The van der Waals surface area contributed by atoms with Gasteiger partial charge in [0.15, 0.2) is 5.78 Å². The first-order chi connectivity index (χ1) is 11.4. The lowest BCUT2D eigenvalue weighted by Gasteiger charge is -2.20. The average Bonchev–Trinajstić information content (AvgIpc) is 2.55. The van der Waals surface area contributed by atoms with E-state index in [1.165, 1.54) is 6.92 Å². The first kappa shape index (κ1) is 18.2. The van der Waals surface area contributed by atoms with E-state index in [9.17, 15) is 9.59 Å². The molecule has 0 saturated carbocycles. The molecule has 2 aromatic rings. The first-order valence-corrected chi connectivity index (χ1v) is 8.18. The molecule has 2 N–H and O–H groups in total. The zero-order chi connectivity index (χ0) is 17.7. The predicted molar refractivity (Wildman–Crippen MR) is 97.5 cm³/mol. The van der Waals surface area contributed by atoms with Crippen LogP contribution in [-0.2, 0) is 4.79 Å². The van der Waals surface area contributed by atoms with Crippen LogP contribution >= 0.6 is 11.6 Å². The molecule has 2 rings (SSSR count). The quantitative estimate of drug-likeness (QED) is 0.771. The van der Waals surface area contributed by atoms with Gasteiger partial charge in [-0.2, -0.15) is 0 Å². The van der Waals surface area contributed by atoms with Crippen LogP contribution in [0.1, 0.15) is 42.7 Å². The zero-order valence-electron chi connectivity index (χ0n) is 14.0. The van der Waals surface area contributed by atoms with Crippen molar-refractivity contribution in [3.63, 3.8) is 0 Å². The van der Waals surface area contributed by atoms with Gasteiger partial charge in [-0.25, -0.2) is 0 Å². The Balaban J connectivity index is 1.95. The molecule has 4 nitrogen and oxygen atoms in total. The highest BCUT2D eigenvalue weighted by Gasteiger charge is 2.16. The monoisotopic (exact) mass is 344 g/mol. The molecule has 0 spiro atoms. The normalized spacial score (nSPS) is 13.2. The maximum Gasteiger partial charge on any atom is 0.241 e. The Morgan fingerprint density at radius 2 is 1.71 bits per heavy atom. The van der Waals surface area contributed by atoms with E-state index in [1.807, 2.05) is 31.2 Å². The Morgan fingerprint density at radius 1 is 1.04 bits per heavy atom. The van der Waals surface area contributed by atoms with Gasteiger partial charge in [0.2, 0.25) is 5.91 Å². The number of benzene rings is 2. The third-order valence-corrected chi connectivity index (χ3v) is 4.04. The van der Waals surface area contributed by atoms with Crippen molar-refractivity contribution in [1.82, 2.24) is 5.32 Å². The Labute approximate surface area is 147 Å². The van der Waals surface area contributed by atoms with Crippen molar-refractivity contribution in [2.75, 3.05) is 5.32 Å². The van der Waals surface area contributed by atoms with Crippen LogP contribution in [0.3, 0.4) is 0 Å². The lowest BCUT2D eigenvalue weighted by molar-refractivity contribution is -0.117. The molecule has 2 aromatic carbocycles. The fourth-order valence-corrected chi connectivity index (χ4v) is 2.56. The number of anilines is 1. The maximum atomic E-state index is 12.3. The van der Waals surface area contributed by atoms with Crippen LogP contribution in [0.2, 0.25) is 5.02 Å². The van der Waals surface area contributed by atoms with Crippen LogP contribution in [0.25, 0.3) is 0 Å². The number of carbonyl (C=O) groups excluding carboxylic acids is 2. The Hall–Kier alpha value is -2.17. The van der Waals surface area contributed by atoms with Crippen molar-refractivity contribution < 1.29 is 9.59 Å². The van der Waals surface area contributed by atoms with Gasteiger partial charge in [-0.05, 0) is 62.7 Å². The second-order valence-electron chi connectivity index (χ2n) is 5.79. The van der Waals surface area contributed by atoms with Crippen molar-refractivity contribution in [2.45, 2.75) is 32.9 Å². The smallest absolute Gasteiger partial charge is 0.241 e. The van der Waals surface area contributed by atoms with E-state index in [0.717, 1.165) is 5.56 Å². The van der Waals surface area contributed by atoms with Gasteiger partial charge in [-0.3, -0.25) is 14.9 Å². The minimum Gasteiger partial charge on any atom is -0.325 e. The van der Waals surface area contributed by atoms with E-state index in [2.05, 4.69) is 10.6 Å². The molecule has 24 heavy (non-hydrogen) atoms. The van der Waals surface area contributed by atoms with E-state index >= 15 is 0 Å². The lowest BCUT2D eigenvalue weighted by atomic mass is 10.1. The lowest BCUT2D eigenvalue weighted by Crippen LogP contribution is -2.39. The highest BCUT2D eigenvalue weighted by Crippen LogP contribution is 2.18. The molecule has 0 radical (unpaired) electrons. The zero-order valence-corrected chi connectivity index (χ0v) is 14.7. The number of nitrogens with one attached hydrogen (secondary N) is 2. The van der Waals surface area contributed by atoms with Crippen molar-refractivity contribution in [3.05, 3.63) is 64.7 Å². The number of Topliss-reactive ketones (excluding diaryl/α,β-unsaturated/α-hetero) is 1. The summed E-state index contributed by atoms with van der Waals surface area (Å²) in [6.45, 7) is 5.30. The van der Waals surface area contributed by atoms with Gasteiger partial charge in [-0.1, -0.05) is 23.7 Å². The van der Waals surface area contributed by atoms with E-state index in [-0.39, 0.29) is 23.8 Å². The van der Waals surface area contributed by atoms with Crippen LogP contribution in [-0.4, -0.2) is 17.7 Å². The van der Waals surface area contributed by atoms with Gasteiger partial charge in [0.1, 0.15) is 0 Å². The molecule has 0 aliphatic carbocycles. The minimum absolute atomic E-state index is 0.00161. The fourth-order valence-electron chi connectivity index (χ4n) is 2.36. The number of carbonyl (C=O) groups is 2. The molecule has 0 aliphatic rings. The molecule has 126 valence electrons. The molecule has 1 amide bonds. The van der Waals surface area contributed by atoms with E-state index in [1.54, 1.807) is 31.2 Å². The van der Waals surface area contributed by atoms with Crippen LogP contribution in [0.4, 0.5) is 5.69 Å². The number of ketones is 1. The number of hydrogen-bond donors (Lipinski definition) is 2. The van der Waals surface area contributed by atoms with E-state index < -0.39 is 0 Å². The first-order valence-electron chi connectivity index (χ1n) is 7.80. The summed E-state index contributed by atoms with van der Waals surface area (Å²) in [7, 11) is 0. The molecule has 0 aromatic heterocycles. The van der Waals surface area contributed by atoms with Crippen molar-refractivity contribution in [1.29, 1.82) is 0 Å². The number of rotatable bonds is 6. The third kappa shape index (κ3) is 4.91. The summed E-state index contributed by atoms with van der Waals surface area (Å²) in [5.41, 5.74) is 2.30. The van der Waals surface area contributed by atoms with Gasteiger partial charge in [0.05, 0.1) is 6.04 Å². The largest absolute Gasteiger partial charge is 0.325 e. The van der Waals surface area contributed by atoms with Crippen LogP contribution in [0, 0.1) is 0 Å². The molecule has 0 aliphatic heterocycles. The Bertz CT molecular complexity index is 728. The molecule has 0 fully saturated rings. The highest BCUT2D eigenvalue weighted by atomic mass is 35.5. The molecule has 0 bridgehead atoms. The van der Waals surface area contributed by atoms with Crippen LogP contribution in [0.5, 0.6) is 0 Å². The molecule has 0 saturated heterocycles. The summed E-state index contributed by atoms with van der Waals surface area (Å²) in [6, 6.07) is 14.0. The minimum atomic E-state index is -0.383. The van der Waals surface area contributed by atoms with Crippen molar-refractivity contribution in [3.8, 4) is 0 Å². The number of halogens is 1. The maximum absolute atomic E-state index is 12.3. The highest BCUT2D eigenvalue weighted by molar-refractivity contribution is 6.30. The topological polar surface area (TPSA) is 58.2 Å². The van der Waals surface area contributed by atoms with Gasteiger partial charge in [0, 0.05) is 22.3 Å². The molecular weight excluding hydrogens is 324 g/mol. The summed E-state index contributed by atoms with van der Waals surface area (Å²) in [4.78, 5) is 23.6. The predicted octanol–water partition coefficient (Wildman–Crippen LogP) is 4.22. The molecule has 0 heterocycles. The van der Waals surface area contributed by atoms with Crippen LogP contribution in [0.15, 0.2) is 48.5 Å². The van der Waals surface area contributed by atoms with Crippen molar-refractivity contribution in [2.24, 2.45) is 0 Å². The standard InChI is InChI=1S/C19H21ClN2O2/c1-12(16-5-4-6-17(20)11-16)21-13(2)19(24)22-18-9-7-15(8-10-18)14(3)23/h4-13,21H,1-3H3,(H,22,24)/t12-,13-/m0/s1. The molecule has 2 atom stereocenters. The number of hydrogen-bond acceptors (Lipinski definition) is 3. The SMILES string of the molecule is CC(=O)c1ccc(NC(=O)[C@H](C)N[C@@H](C)c2cccc(Cl)c2)cc1. The Morgan fingerprint density at radius 3 is 2.29 bits per heavy atom. The van der Waals surface area contributed by atoms with E-state index in [4.69, 9.17) is 11.6 Å². The van der Waals surface area contributed by atoms with Gasteiger partial charge >= 0.3 is 0 Å². The Kier molecular flexibility index (Phi) is 6.12. The second kappa shape index (κ2) is 8.08. The fraction of sp³-hybridized carbons (Fsp3) is 0.263. The summed E-state index contributed by atoms with van der Waals surface area (Å²) in [5.74, 6) is -0.141. The third-order valence-electron chi connectivity index (χ3n) is 3.80. The number of amides is 1. The summed E-state index contributed by atoms with van der Waals surface area (Å²) >= 11 is 6.00. The van der Waals surface area contributed by atoms with E-state index in [0.29, 0.717) is 16.3 Å². The van der Waals surface area contributed by atoms with Gasteiger partial charge in [0.25, 0.3) is 0 Å². The van der Waals surface area contributed by atoms with Gasteiger partial charge < -0.3 is 5.32 Å². The average molecular weight is 345 g/mol. The molecular formula is C19H21ClN2O2. The summed E-state index contributed by atoms with van der Waals surface area (Å²) in [5, 5.41) is 6.76. The van der Waals surface area contributed by atoms with Crippen molar-refractivity contribution >= 4 is 29.0 Å². The van der Waals surface area contributed by atoms with Crippen LogP contribution < -0.4 is 10.6 Å².